The average molecular weight is 426 g/mol. The van der Waals surface area contributed by atoms with E-state index in [1.54, 1.807) is 24.3 Å². The molecule has 3 rings (SSSR count). The second-order valence-corrected chi connectivity index (χ2v) is 7.12. The molecule has 0 unspecified atom stereocenters. The number of amides is 1. The molecule has 5 nitrogen and oxygen atoms in total. The maximum Gasteiger partial charge on any atom is 0.262 e. The van der Waals surface area contributed by atoms with Crippen molar-refractivity contribution in [2.45, 2.75) is 13.8 Å². The predicted molar refractivity (Wildman–Crippen MR) is 119 cm³/mol. The zero-order chi connectivity index (χ0) is 21.3. The summed E-state index contributed by atoms with van der Waals surface area (Å²) in [7, 11) is 0. The fraction of sp³-hybridized carbons (Fsp3) is 0.208. The quantitative estimate of drug-likeness (QED) is 0.464. The normalized spacial score (nSPS) is 10.4. The first-order valence-electron chi connectivity index (χ1n) is 9.61. The molecule has 156 valence electrons. The third-order valence-corrected chi connectivity index (χ3v) is 4.88. The highest BCUT2D eigenvalue weighted by Crippen LogP contribution is 2.25. The number of halogens is 1. The summed E-state index contributed by atoms with van der Waals surface area (Å²) in [6, 6.07) is 20.4. The largest absolute Gasteiger partial charge is 0.490 e. The number of hydrogen-bond acceptors (Lipinski definition) is 4. The smallest absolute Gasteiger partial charge is 0.262 e. The Morgan fingerprint density at radius 2 is 1.37 bits per heavy atom. The summed E-state index contributed by atoms with van der Waals surface area (Å²) < 4.78 is 16.8. The summed E-state index contributed by atoms with van der Waals surface area (Å²) in [4.78, 5) is 12.1. The first kappa shape index (κ1) is 21.5. The number of anilines is 1. The Hall–Kier alpha value is -3.18. The van der Waals surface area contributed by atoms with Gasteiger partial charge in [-0.25, -0.2) is 0 Å². The van der Waals surface area contributed by atoms with Crippen molar-refractivity contribution in [1.29, 1.82) is 0 Å². The van der Waals surface area contributed by atoms with Crippen molar-refractivity contribution in [3.8, 4) is 17.2 Å². The van der Waals surface area contributed by atoms with Gasteiger partial charge in [-0.3, -0.25) is 4.79 Å². The third kappa shape index (κ3) is 6.42. The molecule has 3 aromatic rings. The van der Waals surface area contributed by atoms with Gasteiger partial charge in [-0.15, -0.1) is 0 Å². The van der Waals surface area contributed by atoms with Crippen LogP contribution in [0, 0.1) is 13.8 Å². The topological polar surface area (TPSA) is 56.8 Å². The van der Waals surface area contributed by atoms with Crippen LogP contribution in [0.25, 0.3) is 0 Å². The van der Waals surface area contributed by atoms with Gasteiger partial charge in [0.15, 0.2) is 6.61 Å². The van der Waals surface area contributed by atoms with Crippen LogP contribution in [-0.4, -0.2) is 25.7 Å². The molecule has 0 aromatic heterocycles. The molecule has 0 fully saturated rings. The summed E-state index contributed by atoms with van der Waals surface area (Å²) in [6.45, 7) is 4.59. The Morgan fingerprint density at radius 1 is 0.800 bits per heavy atom. The van der Waals surface area contributed by atoms with E-state index in [-0.39, 0.29) is 12.5 Å². The number of para-hydroxylation sites is 1. The van der Waals surface area contributed by atoms with Crippen LogP contribution in [0.15, 0.2) is 66.7 Å². The lowest BCUT2D eigenvalue weighted by Crippen LogP contribution is -2.20. The van der Waals surface area contributed by atoms with E-state index < -0.39 is 0 Å². The van der Waals surface area contributed by atoms with Gasteiger partial charge in [0.1, 0.15) is 30.5 Å². The van der Waals surface area contributed by atoms with E-state index in [0.717, 1.165) is 16.9 Å². The SMILES string of the molecule is Cc1cc(OCC(=O)Nc2ccc(OCCOc3ccccc3)cc2)cc(C)c1Cl. The lowest BCUT2D eigenvalue weighted by molar-refractivity contribution is -0.118. The lowest BCUT2D eigenvalue weighted by Gasteiger charge is -2.11. The van der Waals surface area contributed by atoms with Crippen LogP contribution in [-0.2, 0) is 4.79 Å². The number of aryl methyl sites for hydroxylation is 2. The van der Waals surface area contributed by atoms with Gasteiger partial charge in [-0.2, -0.15) is 0 Å². The summed E-state index contributed by atoms with van der Waals surface area (Å²) in [5.41, 5.74) is 2.49. The molecular weight excluding hydrogens is 402 g/mol. The van der Waals surface area contributed by atoms with Crippen LogP contribution < -0.4 is 19.5 Å². The number of benzene rings is 3. The maximum atomic E-state index is 12.1. The van der Waals surface area contributed by atoms with Gasteiger partial charge in [-0.05, 0) is 73.5 Å². The molecule has 0 aliphatic carbocycles. The second kappa shape index (κ2) is 10.6. The Kier molecular flexibility index (Phi) is 7.57. The first-order chi connectivity index (χ1) is 14.5. The Morgan fingerprint density at radius 3 is 1.97 bits per heavy atom. The Bertz CT molecular complexity index is 951. The van der Waals surface area contributed by atoms with Crippen molar-refractivity contribution < 1.29 is 19.0 Å². The molecule has 0 aliphatic heterocycles. The first-order valence-corrected chi connectivity index (χ1v) is 9.99. The Balaban J connectivity index is 1.40. The van der Waals surface area contributed by atoms with Crippen LogP contribution in [0.2, 0.25) is 5.02 Å². The highest BCUT2D eigenvalue weighted by atomic mass is 35.5. The molecule has 0 bridgehead atoms. The minimum Gasteiger partial charge on any atom is -0.490 e. The number of carbonyl (C=O) groups is 1. The molecule has 1 amide bonds. The summed E-state index contributed by atoms with van der Waals surface area (Å²) >= 11 is 6.15. The van der Waals surface area contributed by atoms with E-state index in [1.165, 1.54) is 0 Å². The molecular formula is C24H24ClNO4. The molecule has 30 heavy (non-hydrogen) atoms. The molecule has 0 atom stereocenters. The van der Waals surface area contributed by atoms with Crippen LogP contribution in [0.5, 0.6) is 17.2 Å². The van der Waals surface area contributed by atoms with Crippen molar-refractivity contribution in [2.75, 3.05) is 25.1 Å². The summed E-state index contributed by atoms with van der Waals surface area (Å²) in [5, 5.41) is 3.51. The van der Waals surface area contributed by atoms with Crippen molar-refractivity contribution in [3.05, 3.63) is 82.9 Å². The number of rotatable bonds is 9. The number of ether oxygens (including phenoxy) is 3. The van der Waals surface area contributed by atoms with Crippen molar-refractivity contribution in [3.63, 3.8) is 0 Å². The van der Waals surface area contributed by atoms with E-state index in [0.29, 0.717) is 35.4 Å². The molecule has 3 aromatic carbocycles. The van der Waals surface area contributed by atoms with Crippen molar-refractivity contribution >= 4 is 23.2 Å². The molecule has 0 saturated carbocycles. The van der Waals surface area contributed by atoms with E-state index in [1.807, 2.05) is 56.3 Å². The van der Waals surface area contributed by atoms with E-state index in [9.17, 15) is 4.79 Å². The monoisotopic (exact) mass is 425 g/mol. The van der Waals surface area contributed by atoms with Crippen LogP contribution >= 0.6 is 11.6 Å². The van der Waals surface area contributed by atoms with Crippen LogP contribution in [0.3, 0.4) is 0 Å². The standard InChI is InChI=1S/C24H24ClNO4/c1-17-14-22(15-18(2)24(17)25)30-16-23(27)26-19-8-10-21(11-9-19)29-13-12-28-20-6-4-3-5-7-20/h3-11,14-15H,12-13,16H2,1-2H3,(H,26,27). The average Bonchev–Trinajstić information content (AvgIpc) is 2.75. The zero-order valence-electron chi connectivity index (χ0n) is 17.0. The van der Waals surface area contributed by atoms with Gasteiger partial charge in [-0.1, -0.05) is 29.8 Å². The number of nitrogens with one attached hydrogen (secondary N) is 1. The molecule has 6 heteroatoms. The van der Waals surface area contributed by atoms with E-state index in [4.69, 9.17) is 25.8 Å². The lowest BCUT2D eigenvalue weighted by atomic mass is 10.1. The fourth-order valence-corrected chi connectivity index (χ4v) is 2.91. The van der Waals surface area contributed by atoms with Crippen molar-refractivity contribution in [2.24, 2.45) is 0 Å². The minimum absolute atomic E-state index is 0.0877. The fourth-order valence-electron chi connectivity index (χ4n) is 2.81. The highest BCUT2D eigenvalue weighted by Gasteiger charge is 2.07. The van der Waals surface area contributed by atoms with E-state index in [2.05, 4.69) is 5.32 Å². The third-order valence-electron chi connectivity index (χ3n) is 4.28. The van der Waals surface area contributed by atoms with Crippen LogP contribution in [0.4, 0.5) is 5.69 Å². The van der Waals surface area contributed by atoms with Crippen LogP contribution in [0.1, 0.15) is 11.1 Å². The zero-order valence-corrected chi connectivity index (χ0v) is 17.7. The van der Waals surface area contributed by atoms with Gasteiger partial charge < -0.3 is 19.5 Å². The molecule has 1 N–H and O–H groups in total. The van der Waals surface area contributed by atoms with Gasteiger partial charge in [0, 0.05) is 10.7 Å². The molecule has 0 aliphatic rings. The van der Waals surface area contributed by atoms with Gasteiger partial charge >= 0.3 is 0 Å². The molecule has 0 spiro atoms. The number of carbonyl (C=O) groups excluding carboxylic acids is 1. The van der Waals surface area contributed by atoms with E-state index >= 15 is 0 Å². The molecule has 0 heterocycles. The van der Waals surface area contributed by atoms with Gasteiger partial charge in [0.2, 0.25) is 0 Å². The number of hydrogen-bond donors (Lipinski definition) is 1. The predicted octanol–water partition coefficient (Wildman–Crippen LogP) is 5.43. The van der Waals surface area contributed by atoms with Crippen molar-refractivity contribution in [1.82, 2.24) is 0 Å². The van der Waals surface area contributed by atoms with Gasteiger partial charge in [0.05, 0.1) is 0 Å². The second-order valence-electron chi connectivity index (χ2n) is 6.74. The van der Waals surface area contributed by atoms with Gasteiger partial charge in [0.25, 0.3) is 5.91 Å². The highest BCUT2D eigenvalue weighted by molar-refractivity contribution is 6.32. The molecule has 0 saturated heterocycles. The summed E-state index contributed by atoms with van der Waals surface area (Å²) in [5.74, 6) is 1.88. The summed E-state index contributed by atoms with van der Waals surface area (Å²) in [6.07, 6.45) is 0. The minimum atomic E-state index is -0.245. The molecule has 0 radical (unpaired) electrons. The maximum absolute atomic E-state index is 12.1. The Labute approximate surface area is 181 Å².